The van der Waals surface area contributed by atoms with Crippen LogP contribution in [0.5, 0.6) is 0 Å². The molecular weight excluding hydrogens is 332 g/mol. The van der Waals surface area contributed by atoms with Crippen molar-refractivity contribution < 1.29 is 14.3 Å². The standard InChI is InChI=1S/C17H11BrO3/c1-10(15(19)11-6-8-12(18)9-7-11)16-13-4-2-3-5-14(13)17(20)21-16/h2-9H,1H3/b16-10+. The zero-order valence-corrected chi connectivity index (χ0v) is 12.8. The summed E-state index contributed by atoms with van der Waals surface area (Å²) in [5.74, 6) is -0.214. The van der Waals surface area contributed by atoms with E-state index >= 15 is 0 Å². The Kier molecular flexibility index (Phi) is 3.47. The zero-order valence-electron chi connectivity index (χ0n) is 11.2. The van der Waals surface area contributed by atoms with Crippen LogP contribution in [0.15, 0.2) is 58.6 Å². The predicted molar refractivity (Wildman–Crippen MR) is 82.9 cm³/mol. The molecule has 0 amide bonds. The number of benzene rings is 2. The van der Waals surface area contributed by atoms with Crippen molar-refractivity contribution in [1.82, 2.24) is 0 Å². The van der Waals surface area contributed by atoms with Gasteiger partial charge in [0.25, 0.3) is 0 Å². The summed E-state index contributed by atoms with van der Waals surface area (Å²) in [7, 11) is 0. The maximum atomic E-state index is 12.5. The molecule has 3 nitrogen and oxygen atoms in total. The van der Waals surface area contributed by atoms with Crippen LogP contribution in [0.3, 0.4) is 0 Å². The number of ketones is 1. The van der Waals surface area contributed by atoms with Crippen molar-refractivity contribution in [3.05, 3.63) is 75.3 Å². The van der Waals surface area contributed by atoms with Crippen molar-refractivity contribution in [3.8, 4) is 0 Å². The molecule has 2 aromatic carbocycles. The molecule has 0 aliphatic carbocycles. The van der Waals surface area contributed by atoms with Crippen LogP contribution >= 0.6 is 15.9 Å². The van der Waals surface area contributed by atoms with Crippen LogP contribution in [-0.2, 0) is 4.74 Å². The molecule has 21 heavy (non-hydrogen) atoms. The van der Waals surface area contributed by atoms with Crippen LogP contribution in [0.1, 0.15) is 33.2 Å². The summed E-state index contributed by atoms with van der Waals surface area (Å²) in [6.45, 7) is 1.68. The lowest BCUT2D eigenvalue weighted by molar-refractivity contribution is 0.0714. The molecule has 0 N–H and O–H groups in total. The van der Waals surface area contributed by atoms with Gasteiger partial charge in [-0.15, -0.1) is 0 Å². The number of allylic oxidation sites excluding steroid dienone is 1. The third kappa shape index (κ3) is 2.43. The number of fused-ring (bicyclic) bond motifs is 1. The quantitative estimate of drug-likeness (QED) is 0.466. The van der Waals surface area contributed by atoms with Crippen molar-refractivity contribution >= 4 is 33.4 Å². The monoisotopic (exact) mass is 342 g/mol. The van der Waals surface area contributed by atoms with Gasteiger partial charge in [0.15, 0.2) is 5.78 Å². The van der Waals surface area contributed by atoms with Crippen LogP contribution < -0.4 is 0 Å². The Hall–Kier alpha value is -2.20. The van der Waals surface area contributed by atoms with Crippen LogP contribution in [0.2, 0.25) is 0 Å². The number of ether oxygens (including phenoxy) is 1. The summed E-state index contributed by atoms with van der Waals surface area (Å²) in [4.78, 5) is 24.3. The van der Waals surface area contributed by atoms with Crippen molar-refractivity contribution in [2.24, 2.45) is 0 Å². The number of halogens is 1. The summed E-state index contributed by atoms with van der Waals surface area (Å²) in [6, 6.07) is 14.2. The molecule has 0 aromatic heterocycles. The van der Waals surface area contributed by atoms with Crippen molar-refractivity contribution in [2.45, 2.75) is 6.92 Å². The van der Waals surface area contributed by atoms with Gasteiger partial charge in [-0.25, -0.2) is 4.79 Å². The third-order valence-electron chi connectivity index (χ3n) is 3.37. The average Bonchev–Trinajstić information content (AvgIpc) is 2.84. The number of carbonyl (C=O) groups excluding carboxylic acids is 2. The number of rotatable bonds is 2. The van der Waals surface area contributed by atoms with E-state index in [1.54, 1.807) is 49.4 Å². The van der Waals surface area contributed by atoms with Gasteiger partial charge in [-0.05, 0) is 37.3 Å². The van der Waals surface area contributed by atoms with Gasteiger partial charge in [-0.3, -0.25) is 4.79 Å². The van der Waals surface area contributed by atoms with Crippen LogP contribution in [0.25, 0.3) is 5.76 Å². The fraction of sp³-hybridized carbons (Fsp3) is 0.0588. The third-order valence-corrected chi connectivity index (χ3v) is 3.90. The SMILES string of the molecule is C/C(C(=O)c1ccc(Br)cc1)=C1\OC(=O)c2ccccc21. The molecule has 104 valence electrons. The molecule has 2 aromatic rings. The van der Waals surface area contributed by atoms with E-state index in [1.165, 1.54) is 0 Å². The predicted octanol–water partition coefficient (Wildman–Crippen LogP) is 4.23. The summed E-state index contributed by atoms with van der Waals surface area (Å²) in [5.41, 5.74) is 2.15. The Labute approximate surface area is 130 Å². The number of Topliss-reactive ketones (excluding diaryl/α,β-unsaturated/α-hetero) is 1. The molecule has 1 heterocycles. The van der Waals surface area contributed by atoms with Gasteiger partial charge in [0.05, 0.1) is 5.56 Å². The maximum absolute atomic E-state index is 12.5. The minimum atomic E-state index is -0.413. The topological polar surface area (TPSA) is 43.4 Å². The average molecular weight is 343 g/mol. The second kappa shape index (κ2) is 5.30. The van der Waals surface area contributed by atoms with E-state index in [0.29, 0.717) is 28.0 Å². The summed E-state index contributed by atoms with van der Waals surface area (Å²) in [5, 5.41) is 0. The first-order valence-electron chi connectivity index (χ1n) is 6.40. The fourth-order valence-corrected chi connectivity index (χ4v) is 2.53. The van der Waals surface area contributed by atoms with Gasteiger partial charge in [0.1, 0.15) is 5.76 Å². The van der Waals surface area contributed by atoms with Crippen LogP contribution in [-0.4, -0.2) is 11.8 Å². The molecule has 0 saturated heterocycles. The van der Waals surface area contributed by atoms with Crippen LogP contribution in [0.4, 0.5) is 0 Å². The first-order valence-corrected chi connectivity index (χ1v) is 7.20. The largest absolute Gasteiger partial charge is 0.422 e. The Bertz CT molecular complexity index is 773. The molecule has 0 atom stereocenters. The molecule has 0 saturated carbocycles. The van der Waals surface area contributed by atoms with E-state index in [0.717, 1.165) is 4.47 Å². The number of hydrogen-bond donors (Lipinski definition) is 0. The highest BCUT2D eigenvalue weighted by Gasteiger charge is 2.29. The van der Waals surface area contributed by atoms with Gasteiger partial charge >= 0.3 is 5.97 Å². The highest BCUT2D eigenvalue weighted by atomic mass is 79.9. The molecule has 0 spiro atoms. The minimum Gasteiger partial charge on any atom is -0.422 e. The van der Waals surface area contributed by atoms with Crippen LogP contribution in [0, 0.1) is 0 Å². The minimum absolute atomic E-state index is 0.151. The van der Waals surface area contributed by atoms with E-state index in [9.17, 15) is 9.59 Å². The molecular formula is C17H11BrO3. The van der Waals surface area contributed by atoms with Crippen molar-refractivity contribution in [2.75, 3.05) is 0 Å². The number of hydrogen-bond acceptors (Lipinski definition) is 3. The Morgan fingerprint density at radius 3 is 2.29 bits per heavy atom. The number of esters is 1. The Morgan fingerprint density at radius 1 is 1.00 bits per heavy atom. The first kappa shape index (κ1) is 13.8. The smallest absolute Gasteiger partial charge is 0.344 e. The van der Waals surface area contributed by atoms with Gasteiger partial charge < -0.3 is 4.74 Å². The van der Waals surface area contributed by atoms with E-state index in [-0.39, 0.29) is 5.78 Å². The lowest BCUT2D eigenvalue weighted by Gasteiger charge is -2.06. The van der Waals surface area contributed by atoms with Crippen molar-refractivity contribution in [3.63, 3.8) is 0 Å². The molecule has 0 unspecified atom stereocenters. The number of carbonyl (C=O) groups is 2. The highest BCUT2D eigenvalue weighted by Crippen LogP contribution is 2.32. The summed E-state index contributed by atoms with van der Waals surface area (Å²) < 4.78 is 6.18. The lowest BCUT2D eigenvalue weighted by Crippen LogP contribution is -2.04. The molecule has 1 aliphatic heterocycles. The first-order chi connectivity index (χ1) is 10.1. The highest BCUT2D eigenvalue weighted by molar-refractivity contribution is 9.10. The van der Waals surface area contributed by atoms with Gasteiger partial charge in [0.2, 0.25) is 0 Å². The normalized spacial score (nSPS) is 15.4. The zero-order chi connectivity index (χ0) is 15.0. The molecule has 0 bridgehead atoms. The molecule has 1 aliphatic rings. The number of cyclic esters (lactones) is 1. The maximum Gasteiger partial charge on any atom is 0.344 e. The van der Waals surface area contributed by atoms with E-state index in [4.69, 9.17) is 4.74 Å². The Balaban J connectivity index is 2.05. The molecule has 4 heteroatoms. The molecule has 3 rings (SSSR count). The second-order valence-electron chi connectivity index (χ2n) is 4.73. The summed E-state index contributed by atoms with van der Waals surface area (Å²) >= 11 is 3.33. The van der Waals surface area contributed by atoms with E-state index in [1.807, 2.05) is 6.07 Å². The van der Waals surface area contributed by atoms with E-state index in [2.05, 4.69) is 15.9 Å². The van der Waals surface area contributed by atoms with E-state index < -0.39 is 5.97 Å². The van der Waals surface area contributed by atoms with Gasteiger partial charge in [-0.2, -0.15) is 0 Å². The molecule has 0 radical (unpaired) electrons. The Morgan fingerprint density at radius 2 is 1.62 bits per heavy atom. The van der Waals surface area contributed by atoms with Crippen molar-refractivity contribution in [1.29, 1.82) is 0 Å². The lowest BCUT2D eigenvalue weighted by atomic mass is 10.00. The van der Waals surface area contributed by atoms with Gasteiger partial charge in [-0.1, -0.05) is 34.1 Å². The van der Waals surface area contributed by atoms with Gasteiger partial charge in [0, 0.05) is 21.2 Å². The summed E-state index contributed by atoms with van der Waals surface area (Å²) in [6.07, 6.45) is 0. The molecule has 0 fully saturated rings. The fourth-order valence-electron chi connectivity index (χ4n) is 2.26. The second-order valence-corrected chi connectivity index (χ2v) is 5.64.